The van der Waals surface area contributed by atoms with Crippen molar-refractivity contribution in [1.82, 2.24) is 0 Å². The average Bonchev–Trinajstić information content (AvgIpc) is 2.73. The van der Waals surface area contributed by atoms with Gasteiger partial charge in [0.15, 0.2) is 0 Å². The summed E-state index contributed by atoms with van der Waals surface area (Å²) >= 11 is 0. The van der Waals surface area contributed by atoms with Crippen LogP contribution in [-0.2, 0) is 14.3 Å². The molecule has 1 N–H and O–H groups in total. The highest BCUT2D eigenvalue weighted by Crippen LogP contribution is 2.31. The summed E-state index contributed by atoms with van der Waals surface area (Å²) in [6, 6.07) is 13.6. The van der Waals surface area contributed by atoms with Crippen molar-refractivity contribution >= 4 is 29.2 Å². The second kappa shape index (κ2) is 8.39. The maximum Gasteiger partial charge on any atom is 0.337 e. The van der Waals surface area contributed by atoms with Crippen LogP contribution in [0, 0.1) is 0 Å². The van der Waals surface area contributed by atoms with Gasteiger partial charge in [-0.25, -0.2) is 4.79 Å². The quantitative estimate of drug-likeness (QED) is 0.651. The predicted octanol–water partition coefficient (Wildman–Crippen LogP) is 2.78. The number of esters is 1. The molecule has 0 saturated carbocycles. The summed E-state index contributed by atoms with van der Waals surface area (Å²) in [5, 5.41) is 2.70. The van der Waals surface area contributed by atoms with Crippen LogP contribution in [-0.4, -0.2) is 38.0 Å². The Labute approximate surface area is 162 Å². The molecular formula is C21H20N2O5. The number of nitrogens with one attached hydrogen (secondary N) is 1. The van der Waals surface area contributed by atoms with Crippen molar-refractivity contribution in [3.8, 4) is 5.75 Å². The number of fused-ring (bicyclic) bond motifs is 1. The lowest BCUT2D eigenvalue weighted by molar-refractivity contribution is -0.116. The zero-order valence-electron chi connectivity index (χ0n) is 15.6. The second-order valence-electron chi connectivity index (χ2n) is 6.16. The molecule has 0 aromatic heterocycles. The minimum Gasteiger partial charge on any atom is -0.490 e. The first-order valence-electron chi connectivity index (χ1n) is 8.71. The molecule has 0 fully saturated rings. The molecule has 2 amide bonds. The number of hydrogen-bond acceptors (Lipinski definition) is 5. The zero-order valence-corrected chi connectivity index (χ0v) is 15.6. The molecule has 28 heavy (non-hydrogen) atoms. The summed E-state index contributed by atoms with van der Waals surface area (Å²) in [5.74, 6) is -0.501. The molecule has 7 nitrogen and oxygen atoms in total. The van der Waals surface area contributed by atoms with Crippen LogP contribution in [0.1, 0.15) is 17.3 Å². The van der Waals surface area contributed by atoms with Gasteiger partial charge in [-0.15, -0.1) is 0 Å². The number of carbonyl (C=O) groups is 3. The molecule has 144 valence electrons. The molecule has 7 heteroatoms. The van der Waals surface area contributed by atoms with Crippen molar-refractivity contribution in [3.63, 3.8) is 0 Å². The molecule has 0 saturated heterocycles. The molecule has 0 spiro atoms. The molecule has 1 aliphatic heterocycles. The van der Waals surface area contributed by atoms with Crippen LogP contribution in [0.5, 0.6) is 5.75 Å². The number of nitrogens with zero attached hydrogens (tertiary/aromatic N) is 1. The van der Waals surface area contributed by atoms with E-state index >= 15 is 0 Å². The van der Waals surface area contributed by atoms with E-state index in [9.17, 15) is 14.4 Å². The van der Waals surface area contributed by atoms with E-state index in [0.29, 0.717) is 35.8 Å². The summed E-state index contributed by atoms with van der Waals surface area (Å²) < 4.78 is 10.2. The highest BCUT2D eigenvalue weighted by Gasteiger charge is 2.22. The van der Waals surface area contributed by atoms with Crippen molar-refractivity contribution in [3.05, 3.63) is 65.7 Å². The van der Waals surface area contributed by atoms with E-state index < -0.39 is 11.9 Å². The van der Waals surface area contributed by atoms with Gasteiger partial charge in [0.05, 0.1) is 24.9 Å². The van der Waals surface area contributed by atoms with Crippen LogP contribution < -0.4 is 15.0 Å². The van der Waals surface area contributed by atoms with Crippen molar-refractivity contribution in [2.24, 2.45) is 0 Å². The summed E-state index contributed by atoms with van der Waals surface area (Å²) in [7, 11) is 1.30. The molecule has 0 unspecified atom stereocenters. The van der Waals surface area contributed by atoms with Gasteiger partial charge < -0.3 is 19.7 Å². The fraction of sp³-hybridized carbons (Fsp3) is 0.190. The van der Waals surface area contributed by atoms with E-state index in [1.807, 2.05) is 12.1 Å². The van der Waals surface area contributed by atoms with Crippen LogP contribution in [0.3, 0.4) is 0 Å². The van der Waals surface area contributed by atoms with Gasteiger partial charge in [-0.2, -0.15) is 0 Å². The minimum absolute atomic E-state index is 0.269. The van der Waals surface area contributed by atoms with Gasteiger partial charge in [0.25, 0.3) is 11.8 Å². The Morgan fingerprint density at radius 1 is 1.11 bits per heavy atom. The predicted molar refractivity (Wildman–Crippen MR) is 104 cm³/mol. The summed E-state index contributed by atoms with van der Waals surface area (Å²) in [5.41, 5.74) is 1.84. The molecule has 0 radical (unpaired) electrons. The van der Waals surface area contributed by atoms with E-state index in [2.05, 4.69) is 10.1 Å². The third kappa shape index (κ3) is 4.20. The molecule has 0 aliphatic carbocycles. The van der Waals surface area contributed by atoms with Crippen molar-refractivity contribution in [1.29, 1.82) is 0 Å². The van der Waals surface area contributed by atoms with Crippen LogP contribution in [0.4, 0.5) is 11.4 Å². The fourth-order valence-corrected chi connectivity index (χ4v) is 2.76. The van der Waals surface area contributed by atoms with E-state index in [1.54, 1.807) is 48.2 Å². The third-order valence-corrected chi connectivity index (χ3v) is 4.26. The van der Waals surface area contributed by atoms with Crippen molar-refractivity contribution in [2.45, 2.75) is 6.92 Å². The second-order valence-corrected chi connectivity index (χ2v) is 6.16. The smallest absolute Gasteiger partial charge is 0.337 e. The zero-order chi connectivity index (χ0) is 20.1. The first-order chi connectivity index (χ1) is 13.5. The molecular weight excluding hydrogens is 360 g/mol. The molecule has 3 rings (SSSR count). The van der Waals surface area contributed by atoms with E-state index in [1.165, 1.54) is 13.2 Å². The van der Waals surface area contributed by atoms with Gasteiger partial charge in [-0.1, -0.05) is 12.1 Å². The number of rotatable bonds is 4. The Kier molecular flexibility index (Phi) is 5.74. The van der Waals surface area contributed by atoms with Crippen LogP contribution in [0.2, 0.25) is 0 Å². The fourth-order valence-electron chi connectivity index (χ4n) is 2.76. The van der Waals surface area contributed by atoms with E-state index in [4.69, 9.17) is 4.74 Å². The summed E-state index contributed by atoms with van der Waals surface area (Å²) in [6.45, 7) is 2.38. The third-order valence-electron chi connectivity index (χ3n) is 4.26. The minimum atomic E-state index is -0.453. The van der Waals surface area contributed by atoms with Crippen LogP contribution >= 0.6 is 0 Å². The van der Waals surface area contributed by atoms with Gasteiger partial charge in [-0.3, -0.25) is 9.59 Å². The summed E-state index contributed by atoms with van der Waals surface area (Å²) in [4.78, 5) is 38.1. The van der Waals surface area contributed by atoms with Gasteiger partial charge in [0, 0.05) is 17.3 Å². The van der Waals surface area contributed by atoms with Crippen molar-refractivity contribution in [2.75, 3.05) is 30.5 Å². The standard InChI is InChI=1S/C21H20N2O5/c1-14(20(25)22-16-9-7-15(8-10-16)21(26)27-2)13-19(24)23-11-12-28-18-6-4-3-5-17(18)23/h3-10,13H,11-12H2,1-2H3,(H,22,25)/b14-13+. The SMILES string of the molecule is COC(=O)c1ccc(NC(=O)/C(C)=C/C(=O)N2CCOc3ccccc32)cc1. The Bertz CT molecular complexity index is 934. The molecule has 1 aliphatic rings. The van der Waals surface area contributed by atoms with Gasteiger partial charge in [0.2, 0.25) is 0 Å². The number of para-hydroxylation sites is 2. The average molecular weight is 380 g/mol. The number of hydrogen-bond donors (Lipinski definition) is 1. The first kappa shape index (κ1) is 19.2. The lowest BCUT2D eigenvalue weighted by Gasteiger charge is -2.28. The lowest BCUT2D eigenvalue weighted by atomic mass is 10.2. The Balaban J connectivity index is 1.68. The lowest BCUT2D eigenvalue weighted by Crippen LogP contribution is -2.37. The largest absolute Gasteiger partial charge is 0.490 e. The van der Waals surface area contributed by atoms with E-state index in [-0.39, 0.29) is 11.5 Å². The van der Waals surface area contributed by atoms with Crippen molar-refractivity contribution < 1.29 is 23.9 Å². The first-order valence-corrected chi connectivity index (χ1v) is 8.71. The number of benzene rings is 2. The van der Waals surface area contributed by atoms with Crippen LogP contribution in [0.25, 0.3) is 0 Å². The molecule has 1 heterocycles. The van der Waals surface area contributed by atoms with Gasteiger partial charge >= 0.3 is 5.97 Å². The van der Waals surface area contributed by atoms with Crippen LogP contribution in [0.15, 0.2) is 60.2 Å². The molecule has 2 aromatic rings. The number of methoxy groups -OCH3 is 1. The Hall–Kier alpha value is -3.61. The number of anilines is 2. The number of amides is 2. The molecule has 0 bridgehead atoms. The highest BCUT2D eigenvalue weighted by atomic mass is 16.5. The molecule has 2 aromatic carbocycles. The highest BCUT2D eigenvalue weighted by molar-refractivity contribution is 6.11. The number of carbonyl (C=O) groups excluding carboxylic acids is 3. The maximum atomic E-state index is 12.6. The van der Waals surface area contributed by atoms with E-state index in [0.717, 1.165) is 0 Å². The Morgan fingerprint density at radius 3 is 2.54 bits per heavy atom. The van der Waals surface area contributed by atoms with Gasteiger partial charge in [0.1, 0.15) is 12.4 Å². The monoisotopic (exact) mass is 380 g/mol. The number of ether oxygens (including phenoxy) is 2. The summed E-state index contributed by atoms with van der Waals surface area (Å²) in [6.07, 6.45) is 1.31. The maximum absolute atomic E-state index is 12.6. The van der Waals surface area contributed by atoms with Gasteiger partial charge in [-0.05, 0) is 43.3 Å². The Morgan fingerprint density at radius 2 is 1.82 bits per heavy atom. The topological polar surface area (TPSA) is 84.9 Å². The normalized spacial score (nSPS) is 13.2. The molecule has 0 atom stereocenters.